The largest absolute Gasteiger partial charge is 0.361 e. The summed E-state index contributed by atoms with van der Waals surface area (Å²) in [6.45, 7) is 3.45. The van der Waals surface area contributed by atoms with Gasteiger partial charge in [0.1, 0.15) is 10.7 Å². The van der Waals surface area contributed by atoms with Crippen LogP contribution in [0.15, 0.2) is 27.6 Å². The van der Waals surface area contributed by atoms with Gasteiger partial charge in [0.05, 0.1) is 22.8 Å². The minimum atomic E-state index is -3.57. The number of halogens is 1. The second kappa shape index (κ2) is 6.10. The van der Waals surface area contributed by atoms with E-state index in [-0.39, 0.29) is 27.9 Å². The number of aryl methyl sites for hydroxylation is 2. The predicted octanol–water partition coefficient (Wildman–Crippen LogP) is 2.53. The van der Waals surface area contributed by atoms with Gasteiger partial charge >= 0.3 is 0 Å². The molecule has 0 fully saturated rings. The minimum absolute atomic E-state index is 0.0386. The maximum Gasteiger partial charge on any atom is 0.229 e. The molecule has 0 radical (unpaired) electrons. The third-order valence-corrected chi connectivity index (χ3v) is 4.74. The Balaban J connectivity index is 2.29. The lowest BCUT2D eigenvalue weighted by molar-refractivity contribution is -0.115. The van der Waals surface area contributed by atoms with Gasteiger partial charge in [-0.1, -0.05) is 22.8 Å². The zero-order valence-electron chi connectivity index (χ0n) is 12.3. The molecule has 0 aliphatic rings. The van der Waals surface area contributed by atoms with Crippen molar-refractivity contribution in [3.8, 4) is 0 Å². The highest BCUT2D eigenvalue weighted by atomic mass is 35.5. The molecule has 0 atom stereocenters. The summed E-state index contributed by atoms with van der Waals surface area (Å²) in [4.78, 5) is 12.1. The molecule has 0 saturated heterocycles. The number of benzene rings is 1. The van der Waals surface area contributed by atoms with Crippen LogP contribution in [0.3, 0.4) is 0 Å². The van der Waals surface area contributed by atoms with E-state index in [1.807, 2.05) is 0 Å². The third kappa shape index (κ3) is 3.48. The first kappa shape index (κ1) is 16.5. The first-order valence-corrected chi connectivity index (χ1v) is 8.67. The Labute approximate surface area is 133 Å². The number of aromatic nitrogens is 1. The molecule has 0 unspecified atom stereocenters. The van der Waals surface area contributed by atoms with E-state index in [0.29, 0.717) is 17.0 Å². The molecule has 0 bridgehead atoms. The van der Waals surface area contributed by atoms with Crippen molar-refractivity contribution in [2.24, 2.45) is 0 Å². The summed E-state index contributed by atoms with van der Waals surface area (Å²) in [5.74, 6) is 0.184. The Morgan fingerprint density at radius 3 is 2.59 bits per heavy atom. The fraction of sp³-hybridized carbons (Fsp3) is 0.286. The van der Waals surface area contributed by atoms with Gasteiger partial charge in [0, 0.05) is 11.8 Å². The van der Waals surface area contributed by atoms with Crippen molar-refractivity contribution in [3.63, 3.8) is 0 Å². The van der Waals surface area contributed by atoms with E-state index >= 15 is 0 Å². The zero-order chi connectivity index (χ0) is 16.5. The number of anilines is 1. The second-order valence-corrected chi connectivity index (χ2v) is 7.28. The van der Waals surface area contributed by atoms with Crippen molar-refractivity contribution in [2.45, 2.75) is 25.2 Å². The number of hydrogen-bond acceptors (Lipinski definition) is 5. The Kier molecular flexibility index (Phi) is 4.58. The van der Waals surface area contributed by atoms with E-state index in [1.165, 1.54) is 12.1 Å². The molecule has 8 heteroatoms. The van der Waals surface area contributed by atoms with E-state index in [4.69, 9.17) is 16.1 Å². The number of carbonyl (C=O) groups excluding carboxylic acids is 1. The van der Waals surface area contributed by atoms with E-state index < -0.39 is 9.84 Å². The Hall–Kier alpha value is -1.86. The third-order valence-electron chi connectivity index (χ3n) is 3.13. The van der Waals surface area contributed by atoms with Gasteiger partial charge in [0.15, 0.2) is 9.84 Å². The van der Waals surface area contributed by atoms with E-state index in [0.717, 1.165) is 6.26 Å². The average Bonchev–Trinajstić information content (AvgIpc) is 2.69. The van der Waals surface area contributed by atoms with Gasteiger partial charge < -0.3 is 9.84 Å². The quantitative estimate of drug-likeness (QED) is 0.922. The van der Waals surface area contributed by atoms with Crippen molar-refractivity contribution >= 4 is 33.0 Å². The Morgan fingerprint density at radius 1 is 1.36 bits per heavy atom. The molecular weight excluding hydrogens is 328 g/mol. The lowest BCUT2D eigenvalue weighted by Crippen LogP contribution is -2.17. The highest BCUT2D eigenvalue weighted by Crippen LogP contribution is 2.29. The second-order valence-electron chi connectivity index (χ2n) is 4.92. The fourth-order valence-electron chi connectivity index (χ4n) is 2.09. The normalized spacial score (nSPS) is 11.5. The van der Waals surface area contributed by atoms with Crippen molar-refractivity contribution in [2.75, 3.05) is 11.6 Å². The molecule has 22 heavy (non-hydrogen) atoms. The van der Waals surface area contributed by atoms with Crippen LogP contribution in [-0.4, -0.2) is 25.7 Å². The van der Waals surface area contributed by atoms with Gasteiger partial charge in [-0.3, -0.25) is 4.79 Å². The molecule has 0 aliphatic heterocycles. The molecule has 1 amide bonds. The van der Waals surface area contributed by atoms with Crippen LogP contribution in [0.2, 0.25) is 5.02 Å². The highest BCUT2D eigenvalue weighted by Gasteiger charge is 2.20. The Morgan fingerprint density at radius 2 is 2.05 bits per heavy atom. The van der Waals surface area contributed by atoms with Gasteiger partial charge in [0.2, 0.25) is 5.91 Å². The van der Waals surface area contributed by atoms with Crippen LogP contribution in [-0.2, 0) is 21.1 Å². The van der Waals surface area contributed by atoms with Crippen molar-refractivity contribution < 1.29 is 17.7 Å². The minimum Gasteiger partial charge on any atom is -0.361 e. The zero-order valence-corrected chi connectivity index (χ0v) is 13.9. The number of nitrogens with zero attached hydrogens (tertiary/aromatic N) is 1. The summed E-state index contributed by atoms with van der Waals surface area (Å²) in [5.41, 5.74) is 1.47. The topological polar surface area (TPSA) is 89.3 Å². The lowest BCUT2D eigenvalue weighted by atomic mass is 10.1. The number of hydrogen-bond donors (Lipinski definition) is 1. The van der Waals surface area contributed by atoms with Crippen molar-refractivity contribution in [3.05, 3.63) is 40.2 Å². The van der Waals surface area contributed by atoms with Crippen LogP contribution in [0.25, 0.3) is 0 Å². The maximum atomic E-state index is 12.2. The number of amides is 1. The SMILES string of the molecule is Cc1noc(C)c1CC(=O)Nc1cccc(Cl)c1S(C)(=O)=O. The van der Waals surface area contributed by atoms with E-state index in [1.54, 1.807) is 19.9 Å². The standard InChI is InChI=1S/C14H15ClN2O4S/c1-8-10(9(2)21-17-8)7-13(18)16-12-6-4-5-11(15)14(12)22(3,19)20/h4-6H,7H2,1-3H3,(H,16,18). The molecule has 1 N–H and O–H groups in total. The molecule has 2 aromatic rings. The number of rotatable bonds is 4. The van der Waals surface area contributed by atoms with Gasteiger partial charge in [-0.15, -0.1) is 0 Å². The summed E-state index contributed by atoms with van der Waals surface area (Å²) in [7, 11) is -3.57. The summed E-state index contributed by atoms with van der Waals surface area (Å²) in [6.07, 6.45) is 1.08. The Bertz CT molecular complexity index is 808. The maximum absolute atomic E-state index is 12.2. The van der Waals surface area contributed by atoms with Crippen LogP contribution in [0.5, 0.6) is 0 Å². The molecule has 1 aromatic carbocycles. The number of nitrogens with one attached hydrogen (secondary N) is 1. The summed E-state index contributed by atoms with van der Waals surface area (Å²) >= 11 is 5.94. The number of carbonyl (C=O) groups is 1. The monoisotopic (exact) mass is 342 g/mol. The average molecular weight is 343 g/mol. The van der Waals surface area contributed by atoms with E-state index in [2.05, 4.69) is 10.5 Å². The summed E-state index contributed by atoms with van der Waals surface area (Å²) in [6, 6.07) is 4.53. The number of sulfone groups is 1. The van der Waals surface area contributed by atoms with Gasteiger partial charge in [-0.2, -0.15) is 0 Å². The lowest BCUT2D eigenvalue weighted by Gasteiger charge is -2.11. The van der Waals surface area contributed by atoms with Crippen LogP contribution in [0.4, 0.5) is 5.69 Å². The molecule has 6 nitrogen and oxygen atoms in total. The van der Waals surface area contributed by atoms with Gasteiger partial charge in [0.25, 0.3) is 0 Å². The van der Waals surface area contributed by atoms with Gasteiger partial charge in [-0.05, 0) is 26.0 Å². The van der Waals surface area contributed by atoms with Crippen molar-refractivity contribution in [1.82, 2.24) is 5.16 Å². The fourth-order valence-corrected chi connectivity index (χ4v) is 3.63. The molecule has 0 saturated carbocycles. The van der Waals surface area contributed by atoms with E-state index in [9.17, 15) is 13.2 Å². The van der Waals surface area contributed by atoms with Crippen LogP contribution < -0.4 is 5.32 Å². The molecule has 1 aromatic heterocycles. The smallest absolute Gasteiger partial charge is 0.229 e. The molecule has 1 heterocycles. The summed E-state index contributed by atoms with van der Waals surface area (Å²) in [5, 5.41) is 6.42. The highest BCUT2D eigenvalue weighted by molar-refractivity contribution is 7.91. The predicted molar refractivity (Wildman–Crippen MR) is 82.9 cm³/mol. The van der Waals surface area contributed by atoms with Crippen LogP contribution in [0.1, 0.15) is 17.0 Å². The summed E-state index contributed by atoms with van der Waals surface area (Å²) < 4.78 is 28.6. The van der Waals surface area contributed by atoms with Crippen LogP contribution in [0, 0.1) is 13.8 Å². The molecule has 0 spiro atoms. The molecule has 118 valence electrons. The molecule has 2 rings (SSSR count). The van der Waals surface area contributed by atoms with Crippen molar-refractivity contribution in [1.29, 1.82) is 0 Å². The molecule has 0 aliphatic carbocycles. The first-order chi connectivity index (χ1) is 10.2. The van der Waals surface area contributed by atoms with Gasteiger partial charge in [-0.25, -0.2) is 8.42 Å². The van der Waals surface area contributed by atoms with Crippen LogP contribution >= 0.6 is 11.6 Å². The first-order valence-electron chi connectivity index (χ1n) is 6.40. The molecular formula is C14H15ClN2O4S.